The molecule has 0 fully saturated rings. The standard InChI is InChI=1S/C26H24N4O.ClH/c1-4-30(5-2)19-14-17(3)25-23(15-19)31-24-16-22(28-18-10-12-27-13-11-18)20-8-6-7-9-21(20)26(24)29-25;/h6-16H,4-5H2,1-3H3;1H/p-1. The first-order chi connectivity index (χ1) is 15.2. The third-order valence-electron chi connectivity index (χ3n) is 5.69. The van der Waals surface area contributed by atoms with Crippen LogP contribution in [-0.4, -0.2) is 23.1 Å². The Hall–Kier alpha value is -3.44. The van der Waals surface area contributed by atoms with E-state index in [9.17, 15) is 0 Å². The summed E-state index contributed by atoms with van der Waals surface area (Å²) >= 11 is 0. The van der Waals surface area contributed by atoms with E-state index in [4.69, 9.17) is 14.4 Å². The maximum atomic E-state index is 6.43. The summed E-state index contributed by atoms with van der Waals surface area (Å²) in [7, 11) is 0. The van der Waals surface area contributed by atoms with Crippen LogP contribution in [-0.2, 0) is 0 Å². The van der Waals surface area contributed by atoms with Crippen molar-refractivity contribution in [3.05, 3.63) is 77.9 Å². The smallest absolute Gasteiger partial charge is 0.155 e. The van der Waals surface area contributed by atoms with Crippen LogP contribution in [0.4, 0.5) is 11.4 Å². The molecule has 0 N–H and O–H groups in total. The quantitative estimate of drug-likeness (QED) is 0.316. The Morgan fingerprint density at radius 3 is 2.38 bits per heavy atom. The van der Waals surface area contributed by atoms with Gasteiger partial charge in [-0.2, -0.15) is 0 Å². The van der Waals surface area contributed by atoms with Gasteiger partial charge in [0, 0.05) is 54.1 Å². The lowest BCUT2D eigenvalue weighted by atomic mass is 10.0. The first kappa shape index (κ1) is 21.8. The van der Waals surface area contributed by atoms with E-state index in [0.717, 1.165) is 68.7 Å². The Bertz CT molecular complexity index is 1430. The van der Waals surface area contributed by atoms with Crippen molar-refractivity contribution in [2.75, 3.05) is 18.0 Å². The van der Waals surface area contributed by atoms with E-state index in [1.54, 1.807) is 12.4 Å². The number of rotatable bonds is 4. The molecule has 5 rings (SSSR count). The third-order valence-corrected chi connectivity index (χ3v) is 5.69. The van der Waals surface area contributed by atoms with E-state index in [-0.39, 0.29) is 12.4 Å². The van der Waals surface area contributed by atoms with Crippen LogP contribution in [0, 0.1) is 6.92 Å². The van der Waals surface area contributed by atoms with Crippen LogP contribution in [0.5, 0.6) is 0 Å². The summed E-state index contributed by atoms with van der Waals surface area (Å²) in [5.74, 6) is 0.732. The van der Waals surface area contributed by atoms with Gasteiger partial charge in [-0.25, -0.2) is 9.98 Å². The number of halogens is 1. The Kier molecular flexibility index (Phi) is 6.10. The van der Waals surface area contributed by atoms with Crippen LogP contribution in [0.1, 0.15) is 19.4 Å². The Morgan fingerprint density at radius 2 is 1.66 bits per heavy atom. The zero-order valence-electron chi connectivity index (χ0n) is 18.3. The zero-order valence-corrected chi connectivity index (χ0v) is 19.1. The number of pyridine rings is 1. The number of fused-ring (bicyclic) bond motifs is 4. The average molecular weight is 444 g/mol. The second-order valence-corrected chi connectivity index (χ2v) is 7.60. The fraction of sp³-hybridized carbons (Fsp3) is 0.192. The summed E-state index contributed by atoms with van der Waals surface area (Å²) in [6.07, 6.45) is 3.50. The molecule has 1 aromatic heterocycles. The second-order valence-electron chi connectivity index (χ2n) is 7.60. The van der Waals surface area contributed by atoms with Gasteiger partial charge in [-0.15, -0.1) is 0 Å². The second kappa shape index (κ2) is 8.97. The van der Waals surface area contributed by atoms with Crippen LogP contribution in [0.15, 0.2) is 76.4 Å². The van der Waals surface area contributed by atoms with Crippen LogP contribution in [0.3, 0.4) is 0 Å². The molecule has 0 amide bonds. The lowest BCUT2D eigenvalue weighted by Crippen LogP contribution is -3.00. The van der Waals surface area contributed by atoms with Gasteiger partial charge in [0.2, 0.25) is 0 Å². The van der Waals surface area contributed by atoms with Gasteiger partial charge in [-0.3, -0.25) is 4.98 Å². The Balaban J connectivity index is 0.00000245. The number of benzene rings is 3. The van der Waals surface area contributed by atoms with Crippen molar-refractivity contribution in [1.82, 2.24) is 9.97 Å². The molecule has 0 radical (unpaired) electrons. The fourth-order valence-corrected chi connectivity index (χ4v) is 4.11. The monoisotopic (exact) mass is 443 g/mol. The van der Waals surface area contributed by atoms with Crippen molar-refractivity contribution in [2.45, 2.75) is 20.8 Å². The molecule has 0 saturated heterocycles. The van der Waals surface area contributed by atoms with Gasteiger partial charge in [-0.1, -0.05) is 24.3 Å². The largest absolute Gasteiger partial charge is 1.00 e. The number of aromatic nitrogens is 2. The summed E-state index contributed by atoms with van der Waals surface area (Å²) in [4.78, 5) is 16.3. The van der Waals surface area contributed by atoms with Crippen LogP contribution in [0.2, 0.25) is 0 Å². The topological polar surface area (TPSA) is 54.5 Å². The molecule has 32 heavy (non-hydrogen) atoms. The normalized spacial score (nSPS) is 11.8. The Labute approximate surface area is 193 Å². The third kappa shape index (κ3) is 3.80. The van der Waals surface area contributed by atoms with Gasteiger partial charge in [-0.05, 0) is 44.5 Å². The molecule has 2 heterocycles. The molecule has 3 aromatic rings. The highest BCUT2D eigenvalue weighted by molar-refractivity contribution is 5.97. The molecule has 1 aliphatic carbocycles. The lowest BCUT2D eigenvalue weighted by Gasteiger charge is -2.22. The molecule has 0 atom stereocenters. The summed E-state index contributed by atoms with van der Waals surface area (Å²) in [5.41, 5.74) is 5.66. The highest BCUT2D eigenvalue weighted by Crippen LogP contribution is 2.33. The predicted octanol–water partition coefficient (Wildman–Crippen LogP) is 2.87. The minimum atomic E-state index is 0. The van der Waals surface area contributed by atoms with Crippen molar-refractivity contribution in [1.29, 1.82) is 0 Å². The highest BCUT2D eigenvalue weighted by Gasteiger charge is 2.17. The molecule has 5 nitrogen and oxygen atoms in total. The van der Waals surface area contributed by atoms with Crippen molar-refractivity contribution in [2.24, 2.45) is 4.99 Å². The Morgan fingerprint density at radius 1 is 0.938 bits per heavy atom. The van der Waals surface area contributed by atoms with Crippen LogP contribution in [0.25, 0.3) is 33.3 Å². The summed E-state index contributed by atoms with van der Waals surface area (Å²) in [6, 6.07) is 18.3. The molecule has 2 aromatic carbocycles. The summed E-state index contributed by atoms with van der Waals surface area (Å²) < 4.78 is 6.43. The minimum absolute atomic E-state index is 0. The molecule has 2 aliphatic rings. The first-order valence-electron chi connectivity index (χ1n) is 10.6. The molecular formula is C26H24ClN4O-. The summed E-state index contributed by atoms with van der Waals surface area (Å²) in [6.45, 7) is 8.32. The van der Waals surface area contributed by atoms with E-state index >= 15 is 0 Å². The van der Waals surface area contributed by atoms with E-state index < -0.39 is 0 Å². The first-order valence-corrected chi connectivity index (χ1v) is 10.6. The van der Waals surface area contributed by atoms with Crippen LogP contribution >= 0.6 is 0 Å². The predicted molar refractivity (Wildman–Crippen MR) is 126 cm³/mol. The van der Waals surface area contributed by atoms with Crippen molar-refractivity contribution in [3.8, 4) is 11.5 Å². The molecule has 1 aliphatic heterocycles. The van der Waals surface area contributed by atoms with Crippen molar-refractivity contribution in [3.63, 3.8) is 0 Å². The molecule has 6 heteroatoms. The fourth-order valence-electron chi connectivity index (χ4n) is 4.11. The molecule has 0 unspecified atom stereocenters. The maximum Gasteiger partial charge on any atom is 0.155 e. The van der Waals surface area contributed by atoms with E-state index in [1.807, 2.05) is 30.3 Å². The average Bonchev–Trinajstić information content (AvgIpc) is 2.80. The molecule has 162 valence electrons. The van der Waals surface area contributed by atoms with E-state index in [0.29, 0.717) is 0 Å². The van der Waals surface area contributed by atoms with Crippen molar-refractivity contribution < 1.29 is 16.8 Å². The highest BCUT2D eigenvalue weighted by atomic mass is 35.5. The summed E-state index contributed by atoms with van der Waals surface area (Å²) in [5, 5.41) is 2.94. The lowest BCUT2D eigenvalue weighted by molar-refractivity contribution is -0.00000688. The number of hydrogen-bond acceptors (Lipinski definition) is 5. The SMILES string of the molecule is CCN(CC)c1cc(C)c2nc3c4ccccc4c(=Nc4ccncc4)cc-3oc2c1.[Cl-]. The number of hydrogen-bond donors (Lipinski definition) is 0. The van der Waals surface area contributed by atoms with Gasteiger partial charge in [0.25, 0.3) is 0 Å². The minimum Gasteiger partial charge on any atom is -1.00 e. The van der Waals surface area contributed by atoms with Gasteiger partial charge in [0.1, 0.15) is 11.2 Å². The maximum absolute atomic E-state index is 6.43. The molecule has 0 spiro atoms. The van der Waals surface area contributed by atoms with Gasteiger partial charge >= 0.3 is 0 Å². The number of nitrogens with zero attached hydrogens (tertiary/aromatic N) is 4. The van der Waals surface area contributed by atoms with Gasteiger partial charge in [0.05, 0.1) is 11.0 Å². The van der Waals surface area contributed by atoms with E-state index in [1.165, 1.54) is 0 Å². The zero-order chi connectivity index (χ0) is 21.4. The van der Waals surface area contributed by atoms with Gasteiger partial charge < -0.3 is 21.7 Å². The number of anilines is 1. The van der Waals surface area contributed by atoms with E-state index in [2.05, 4.69) is 54.9 Å². The molecule has 0 saturated carbocycles. The van der Waals surface area contributed by atoms with Gasteiger partial charge in [0.15, 0.2) is 11.3 Å². The number of aryl methyl sites for hydroxylation is 1. The molecular weight excluding hydrogens is 420 g/mol. The van der Waals surface area contributed by atoms with Crippen molar-refractivity contribution >= 4 is 33.2 Å². The molecule has 0 bridgehead atoms. The van der Waals surface area contributed by atoms with Crippen LogP contribution < -0.4 is 22.7 Å².